The van der Waals surface area contributed by atoms with Crippen molar-refractivity contribution in [1.82, 2.24) is 25.1 Å². The molecule has 3 heterocycles. The number of Topliss-reactive ketones (excluding diaryl/α,β-unsaturated/α-hetero) is 1. The number of para-hydroxylation sites is 1. The fourth-order valence-electron chi connectivity index (χ4n) is 3.89. The van der Waals surface area contributed by atoms with Crippen LogP contribution in [-0.4, -0.2) is 49.8 Å². The zero-order chi connectivity index (χ0) is 19.8. The summed E-state index contributed by atoms with van der Waals surface area (Å²) >= 11 is 0. The third kappa shape index (κ3) is 3.46. The summed E-state index contributed by atoms with van der Waals surface area (Å²) in [5.41, 5.74) is 1.63. The molecule has 1 aromatic carbocycles. The number of benzene rings is 1. The first-order chi connectivity index (χ1) is 14.2. The third-order valence-corrected chi connectivity index (χ3v) is 5.61. The number of carbonyl (C=O) groups excluding carboxylic acids is 2. The van der Waals surface area contributed by atoms with Crippen molar-refractivity contribution in [3.63, 3.8) is 0 Å². The van der Waals surface area contributed by atoms with Crippen molar-refractivity contribution in [2.45, 2.75) is 31.6 Å². The van der Waals surface area contributed by atoms with Crippen LogP contribution in [0.4, 0.5) is 0 Å². The number of aromatic nitrogens is 4. The maximum absolute atomic E-state index is 13.3. The Morgan fingerprint density at radius 2 is 1.86 bits per heavy atom. The quantitative estimate of drug-likeness (QED) is 0.621. The van der Waals surface area contributed by atoms with Gasteiger partial charge in [0, 0.05) is 31.0 Å². The lowest BCUT2D eigenvalue weighted by molar-refractivity contribution is 0.0697. The number of likely N-dealkylation sites (tertiary alicyclic amines) is 1. The topological polar surface area (TPSA) is 94.1 Å². The SMILES string of the molecule is O=C(c1cc([C@@H]2CCCN(C(=O)c3ccccc3-n3nccn3)C2)on1)C1CC1. The Labute approximate surface area is 167 Å². The molecule has 1 saturated carbocycles. The van der Waals surface area contributed by atoms with Gasteiger partial charge >= 0.3 is 0 Å². The maximum Gasteiger partial charge on any atom is 0.256 e. The van der Waals surface area contributed by atoms with Crippen LogP contribution in [0, 0.1) is 5.92 Å². The second-order valence-corrected chi connectivity index (χ2v) is 7.68. The van der Waals surface area contributed by atoms with Crippen molar-refractivity contribution in [2.75, 3.05) is 13.1 Å². The number of carbonyl (C=O) groups is 2. The molecule has 1 saturated heterocycles. The van der Waals surface area contributed by atoms with Crippen LogP contribution in [-0.2, 0) is 0 Å². The lowest BCUT2D eigenvalue weighted by Gasteiger charge is -2.32. The van der Waals surface area contributed by atoms with Crippen LogP contribution >= 0.6 is 0 Å². The zero-order valence-corrected chi connectivity index (χ0v) is 15.9. The van der Waals surface area contributed by atoms with E-state index < -0.39 is 0 Å². The van der Waals surface area contributed by atoms with Crippen molar-refractivity contribution in [1.29, 1.82) is 0 Å². The van der Waals surface area contributed by atoms with Gasteiger partial charge in [-0.25, -0.2) is 0 Å². The van der Waals surface area contributed by atoms with Crippen molar-refractivity contribution in [3.05, 3.63) is 59.7 Å². The number of rotatable bonds is 5. The molecule has 148 valence electrons. The molecule has 2 aliphatic rings. The van der Waals surface area contributed by atoms with E-state index >= 15 is 0 Å². The van der Waals surface area contributed by atoms with Crippen LogP contribution in [0.5, 0.6) is 0 Å². The van der Waals surface area contributed by atoms with E-state index in [1.54, 1.807) is 24.5 Å². The van der Waals surface area contributed by atoms with E-state index in [9.17, 15) is 9.59 Å². The molecule has 0 bridgehead atoms. The minimum absolute atomic E-state index is 0.0379. The number of piperidine rings is 1. The van der Waals surface area contributed by atoms with Gasteiger partial charge in [-0.15, -0.1) is 0 Å². The summed E-state index contributed by atoms with van der Waals surface area (Å²) in [6.45, 7) is 1.21. The molecule has 0 spiro atoms. The molecule has 5 rings (SSSR count). The highest BCUT2D eigenvalue weighted by molar-refractivity contribution is 5.98. The van der Waals surface area contributed by atoms with Crippen molar-refractivity contribution in [2.24, 2.45) is 5.92 Å². The van der Waals surface area contributed by atoms with Gasteiger partial charge in [-0.2, -0.15) is 15.0 Å². The van der Waals surface area contributed by atoms with Gasteiger partial charge in [0.05, 0.1) is 23.6 Å². The van der Waals surface area contributed by atoms with Crippen LogP contribution in [0.3, 0.4) is 0 Å². The molecule has 0 N–H and O–H groups in total. The van der Waals surface area contributed by atoms with E-state index in [0.717, 1.165) is 25.7 Å². The van der Waals surface area contributed by atoms with Crippen LogP contribution in [0.2, 0.25) is 0 Å². The first kappa shape index (κ1) is 17.8. The highest BCUT2D eigenvalue weighted by Crippen LogP contribution is 2.34. The number of amides is 1. The summed E-state index contributed by atoms with van der Waals surface area (Å²) in [5.74, 6) is 0.857. The summed E-state index contributed by atoms with van der Waals surface area (Å²) in [4.78, 5) is 28.8. The van der Waals surface area contributed by atoms with Crippen molar-refractivity contribution < 1.29 is 14.1 Å². The van der Waals surface area contributed by atoms with Gasteiger partial charge in [0.1, 0.15) is 11.5 Å². The van der Waals surface area contributed by atoms with Gasteiger partial charge in [0.2, 0.25) is 0 Å². The molecule has 1 aliphatic carbocycles. The largest absolute Gasteiger partial charge is 0.360 e. The Bertz CT molecular complexity index is 1040. The predicted octanol–water partition coefficient (Wildman–Crippen LogP) is 2.87. The van der Waals surface area contributed by atoms with E-state index in [0.29, 0.717) is 35.8 Å². The van der Waals surface area contributed by atoms with Crippen LogP contribution in [0.15, 0.2) is 47.2 Å². The molecule has 1 atom stereocenters. The first-order valence-corrected chi connectivity index (χ1v) is 9.96. The second kappa shape index (κ2) is 7.27. The molecule has 1 amide bonds. The highest BCUT2D eigenvalue weighted by Gasteiger charge is 2.34. The van der Waals surface area contributed by atoms with E-state index in [4.69, 9.17) is 4.52 Å². The number of hydrogen-bond donors (Lipinski definition) is 0. The van der Waals surface area contributed by atoms with E-state index in [1.807, 2.05) is 23.1 Å². The first-order valence-electron chi connectivity index (χ1n) is 9.96. The smallest absolute Gasteiger partial charge is 0.256 e. The molecular weight excluding hydrogens is 370 g/mol. The minimum atomic E-state index is -0.0589. The minimum Gasteiger partial charge on any atom is -0.360 e. The normalized spacial score (nSPS) is 19.3. The maximum atomic E-state index is 13.3. The average Bonchev–Trinajstić information content (AvgIpc) is 3.26. The molecule has 3 aromatic rings. The van der Waals surface area contributed by atoms with E-state index in [2.05, 4.69) is 15.4 Å². The Morgan fingerprint density at radius 3 is 2.66 bits per heavy atom. The lowest BCUT2D eigenvalue weighted by atomic mass is 9.94. The van der Waals surface area contributed by atoms with Gasteiger partial charge < -0.3 is 9.42 Å². The van der Waals surface area contributed by atoms with Crippen LogP contribution < -0.4 is 0 Å². The molecule has 1 aliphatic heterocycles. The van der Waals surface area contributed by atoms with E-state index in [1.165, 1.54) is 4.80 Å². The Morgan fingerprint density at radius 1 is 1.07 bits per heavy atom. The standard InChI is InChI=1S/C21H21N5O3/c27-20(14-7-8-14)17-12-19(29-24-17)15-4-3-11-25(13-15)21(28)16-5-1-2-6-18(16)26-22-9-10-23-26/h1-2,5-6,9-10,12,14-15H,3-4,7-8,11,13H2/t15-/m1/s1. The zero-order valence-electron chi connectivity index (χ0n) is 15.9. The summed E-state index contributed by atoms with van der Waals surface area (Å²) in [6, 6.07) is 9.10. The third-order valence-electron chi connectivity index (χ3n) is 5.61. The molecule has 8 heteroatoms. The molecule has 0 unspecified atom stereocenters. The van der Waals surface area contributed by atoms with Gasteiger partial charge in [-0.3, -0.25) is 9.59 Å². The highest BCUT2D eigenvalue weighted by atomic mass is 16.5. The van der Waals surface area contributed by atoms with Crippen LogP contribution in [0.25, 0.3) is 5.69 Å². The van der Waals surface area contributed by atoms with E-state index in [-0.39, 0.29) is 23.5 Å². The van der Waals surface area contributed by atoms with Gasteiger partial charge in [0.25, 0.3) is 5.91 Å². The number of ketones is 1. The summed E-state index contributed by atoms with van der Waals surface area (Å²) < 4.78 is 5.49. The fraction of sp³-hybridized carbons (Fsp3) is 0.381. The second-order valence-electron chi connectivity index (χ2n) is 7.68. The van der Waals surface area contributed by atoms with Gasteiger partial charge in [-0.05, 0) is 37.8 Å². The summed E-state index contributed by atoms with van der Waals surface area (Å²) in [5, 5.41) is 12.3. The predicted molar refractivity (Wildman–Crippen MR) is 103 cm³/mol. The number of hydrogen-bond acceptors (Lipinski definition) is 6. The summed E-state index contributed by atoms with van der Waals surface area (Å²) in [6.07, 6.45) is 6.82. The number of nitrogens with zero attached hydrogens (tertiary/aromatic N) is 5. The van der Waals surface area contributed by atoms with Crippen molar-refractivity contribution >= 4 is 11.7 Å². The van der Waals surface area contributed by atoms with Crippen LogP contribution in [0.1, 0.15) is 58.2 Å². The lowest BCUT2D eigenvalue weighted by Crippen LogP contribution is -2.39. The molecule has 0 radical (unpaired) electrons. The van der Waals surface area contributed by atoms with Crippen molar-refractivity contribution in [3.8, 4) is 5.69 Å². The molecule has 29 heavy (non-hydrogen) atoms. The fourth-order valence-corrected chi connectivity index (χ4v) is 3.89. The molecular formula is C21H21N5O3. The van der Waals surface area contributed by atoms with Gasteiger partial charge in [0.15, 0.2) is 5.78 Å². The Kier molecular flexibility index (Phi) is 4.46. The summed E-state index contributed by atoms with van der Waals surface area (Å²) in [7, 11) is 0. The molecule has 2 aromatic heterocycles. The molecule has 8 nitrogen and oxygen atoms in total. The monoisotopic (exact) mass is 391 g/mol. The Hall–Kier alpha value is -3.29. The average molecular weight is 391 g/mol. The Balaban J connectivity index is 1.35. The van der Waals surface area contributed by atoms with Gasteiger partial charge in [-0.1, -0.05) is 17.3 Å². The molecule has 2 fully saturated rings.